The van der Waals surface area contributed by atoms with Crippen molar-refractivity contribution in [2.75, 3.05) is 26.2 Å². The molecule has 1 aliphatic heterocycles. The molecule has 0 aromatic heterocycles. The molecule has 1 saturated heterocycles. The minimum absolute atomic E-state index is 0. The molecule has 4 heteroatoms. The van der Waals surface area contributed by atoms with Crippen LogP contribution in [0.1, 0.15) is 57.9 Å². The zero-order chi connectivity index (χ0) is 15.8. The first-order chi connectivity index (χ1) is 10.7. The normalized spacial score (nSPS) is 18.0. The maximum atomic E-state index is 11.0. The minimum atomic E-state index is -0.721. The second-order valence-electron chi connectivity index (χ2n) is 6.41. The van der Waals surface area contributed by atoms with Gasteiger partial charge in [0.15, 0.2) is 0 Å². The Bertz CT molecular complexity index is 432. The fraction of sp³-hybridized carbons (Fsp3) is 0.684. The van der Waals surface area contributed by atoms with E-state index in [9.17, 15) is 5.11 Å². The lowest BCUT2D eigenvalue weighted by molar-refractivity contribution is 0.0115. The first-order valence-electron chi connectivity index (χ1n) is 8.86. The van der Waals surface area contributed by atoms with Crippen LogP contribution in [0.15, 0.2) is 24.3 Å². The van der Waals surface area contributed by atoms with Gasteiger partial charge in [-0.3, -0.25) is 0 Å². The molecule has 1 fully saturated rings. The molecule has 1 aromatic rings. The van der Waals surface area contributed by atoms with Crippen LogP contribution in [-0.4, -0.2) is 36.2 Å². The highest BCUT2D eigenvalue weighted by Crippen LogP contribution is 2.30. The van der Waals surface area contributed by atoms with Crippen molar-refractivity contribution in [1.29, 1.82) is 0 Å². The van der Waals surface area contributed by atoms with Crippen molar-refractivity contribution in [3.63, 3.8) is 0 Å². The van der Waals surface area contributed by atoms with Gasteiger partial charge in [0.05, 0.1) is 12.2 Å². The Labute approximate surface area is 147 Å². The summed E-state index contributed by atoms with van der Waals surface area (Å²) in [7, 11) is 0. The molecule has 132 valence electrons. The van der Waals surface area contributed by atoms with E-state index in [4.69, 9.17) is 4.74 Å². The van der Waals surface area contributed by atoms with Gasteiger partial charge in [-0.25, -0.2) is 0 Å². The lowest BCUT2D eigenvalue weighted by Gasteiger charge is -2.32. The smallest absolute Gasteiger partial charge is 0.119 e. The van der Waals surface area contributed by atoms with E-state index in [1.807, 2.05) is 24.3 Å². The number of piperidine rings is 1. The van der Waals surface area contributed by atoms with Crippen LogP contribution in [0.2, 0.25) is 0 Å². The van der Waals surface area contributed by atoms with Gasteiger partial charge in [-0.15, -0.1) is 12.4 Å². The van der Waals surface area contributed by atoms with Crippen molar-refractivity contribution in [3.05, 3.63) is 29.8 Å². The molecular weight excluding hydrogens is 310 g/mol. The second kappa shape index (κ2) is 10.2. The molecule has 1 aromatic carbocycles. The summed E-state index contributed by atoms with van der Waals surface area (Å²) in [5.41, 5.74) is 0.289. The second-order valence-corrected chi connectivity index (χ2v) is 6.41. The highest BCUT2D eigenvalue weighted by Gasteiger charge is 2.28. The molecule has 23 heavy (non-hydrogen) atoms. The molecule has 0 spiro atoms. The Morgan fingerprint density at radius 1 is 1.09 bits per heavy atom. The highest BCUT2D eigenvalue weighted by atomic mass is 35.5. The molecule has 1 heterocycles. The van der Waals surface area contributed by atoms with Crippen molar-refractivity contribution in [1.82, 2.24) is 4.90 Å². The minimum Gasteiger partial charge on any atom is -0.494 e. The van der Waals surface area contributed by atoms with E-state index in [1.54, 1.807) is 0 Å². The molecule has 0 saturated carbocycles. The van der Waals surface area contributed by atoms with Crippen LogP contribution in [0.25, 0.3) is 0 Å². The summed E-state index contributed by atoms with van der Waals surface area (Å²) >= 11 is 0. The van der Waals surface area contributed by atoms with Gasteiger partial charge in [0.25, 0.3) is 0 Å². The van der Waals surface area contributed by atoms with Crippen LogP contribution in [-0.2, 0) is 5.60 Å². The zero-order valence-electron chi connectivity index (χ0n) is 14.6. The number of rotatable bonds is 8. The maximum Gasteiger partial charge on any atom is 0.119 e. The molecular formula is C19H32ClNO2. The van der Waals surface area contributed by atoms with Gasteiger partial charge in [-0.2, -0.15) is 0 Å². The van der Waals surface area contributed by atoms with Crippen LogP contribution in [0.4, 0.5) is 0 Å². The summed E-state index contributed by atoms with van der Waals surface area (Å²) in [6.45, 7) is 8.26. The Balaban J connectivity index is 0.00000264. The molecule has 2 rings (SSSR count). The van der Waals surface area contributed by atoms with Crippen molar-refractivity contribution in [2.24, 2.45) is 0 Å². The van der Waals surface area contributed by atoms with Crippen molar-refractivity contribution in [2.45, 2.75) is 58.0 Å². The van der Waals surface area contributed by atoms with Gasteiger partial charge < -0.3 is 14.7 Å². The molecule has 1 unspecified atom stereocenters. The number of benzene rings is 1. The largest absolute Gasteiger partial charge is 0.494 e. The predicted molar refractivity (Wildman–Crippen MR) is 98.6 cm³/mol. The number of ether oxygens (including phenoxy) is 1. The van der Waals surface area contributed by atoms with E-state index >= 15 is 0 Å². The number of aliphatic hydroxyl groups is 1. The number of hydrogen-bond acceptors (Lipinski definition) is 3. The zero-order valence-corrected chi connectivity index (χ0v) is 15.4. The van der Waals surface area contributed by atoms with Crippen LogP contribution in [0.3, 0.4) is 0 Å². The van der Waals surface area contributed by atoms with Crippen LogP contribution < -0.4 is 4.74 Å². The first-order valence-corrected chi connectivity index (χ1v) is 8.86. The molecule has 1 N–H and O–H groups in total. The molecule has 3 nitrogen and oxygen atoms in total. The third kappa shape index (κ3) is 5.98. The van der Waals surface area contributed by atoms with E-state index in [0.29, 0.717) is 0 Å². The monoisotopic (exact) mass is 341 g/mol. The number of likely N-dealkylation sites (tertiary alicyclic amines) is 1. The van der Waals surface area contributed by atoms with Gasteiger partial charge in [-0.05, 0) is 62.9 Å². The summed E-state index contributed by atoms with van der Waals surface area (Å²) in [6, 6.07) is 7.99. The lowest BCUT2D eigenvalue weighted by atomic mass is 9.87. The topological polar surface area (TPSA) is 32.7 Å². The van der Waals surface area contributed by atoms with Crippen molar-refractivity contribution >= 4 is 12.4 Å². The fourth-order valence-corrected chi connectivity index (χ4v) is 3.13. The lowest BCUT2D eigenvalue weighted by Crippen LogP contribution is -2.36. The fourth-order valence-electron chi connectivity index (χ4n) is 3.13. The SMILES string of the molecule is CCCOc1ccc(C(O)(CC)CCN2CCCCC2)cc1.Cl. The molecule has 0 bridgehead atoms. The molecule has 0 aliphatic carbocycles. The van der Waals surface area contributed by atoms with E-state index in [-0.39, 0.29) is 12.4 Å². The predicted octanol–water partition coefficient (Wildman–Crippen LogP) is 4.37. The van der Waals surface area contributed by atoms with Crippen LogP contribution in [0, 0.1) is 0 Å². The van der Waals surface area contributed by atoms with Gasteiger partial charge in [0.1, 0.15) is 5.75 Å². The summed E-state index contributed by atoms with van der Waals surface area (Å²) in [6.07, 6.45) is 6.51. The average molecular weight is 342 g/mol. The van der Waals surface area contributed by atoms with E-state index < -0.39 is 5.60 Å². The van der Waals surface area contributed by atoms with Gasteiger partial charge in [0, 0.05) is 6.54 Å². The maximum absolute atomic E-state index is 11.0. The molecule has 1 atom stereocenters. The first kappa shape index (κ1) is 20.3. The molecule has 0 amide bonds. The van der Waals surface area contributed by atoms with Crippen molar-refractivity contribution < 1.29 is 9.84 Å². The summed E-state index contributed by atoms with van der Waals surface area (Å²) in [4.78, 5) is 2.49. The van der Waals surface area contributed by atoms with E-state index in [1.165, 1.54) is 32.4 Å². The van der Waals surface area contributed by atoms with E-state index in [2.05, 4.69) is 18.7 Å². The van der Waals surface area contributed by atoms with Crippen LogP contribution >= 0.6 is 12.4 Å². The summed E-state index contributed by atoms with van der Waals surface area (Å²) in [5.74, 6) is 0.889. The van der Waals surface area contributed by atoms with E-state index in [0.717, 1.165) is 43.7 Å². The molecule has 0 radical (unpaired) electrons. The number of hydrogen-bond donors (Lipinski definition) is 1. The number of halogens is 1. The standard InChI is InChI=1S/C19H31NO2.ClH/c1-3-16-22-18-10-8-17(9-11-18)19(21,4-2)12-15-20-13-6-5-7-14-20;/h8-11,21H,3-7,12-16H2,1-2H3;1H. The number of nitrogens with zero attached hydrogens (tertiary/aromatic N) is 1. The highest BCUT2D eigenvalue weighted by molar-refractivity contribution is 5.85. The summed E-state index contributed by atoms with van der Waals surface area (Å²) in [5, 5.41) is 11.0. The van der Waals surface area contributed by atoms with Crippen molar-refractivity contribution in [3.8, 4) is 5.75 Å². The Morgan fingerprint density at radius 2 is 1.74 bits per heavy atom. The summed E-state index contributed by atoms with van der Waals surface area (Å²) < 4.78 is 5.62. The Morgan fingerprint density at radius 3 is 2.30 bits per heavy atom. The van der Waals surface area contributed by atoms with Gasteiger partial charge >= 0.3 is 0 Å². The Hall–Kier alpha value is -0.770. The van der Waals surface area contributed by atoms with Gasteiger partial charge in [-0.1, -0.05) is 32.4 Å². The average Bonchev–Trinajstić information content (AvgIpc) is 2.59. The third-order valence-electron chi connectivity index (χ3n) is 4.74. The van der Waals surface area contributed by atoms with Crippen LogP contribution in [0.5, 0.6) is 5.75 Å². The molecule has 1 aliphatic rings. The Kier molecular flexibility index (Phi) is 8.96. The quantitative estimate of drug-likeness (QED) is 0.762. The van der Waals surface area contributed by atoms with Gasteiger partial charge in [0.2, 0.25) is 0 Å². The third-order valence-corrected chi connectivity index (χ3v) is 4.74.